The number of azide groups is 1. The molecule has 19 heavy (non-hydrogen) atoms. The standard InChI is InChI=1S/C11H11BrClN5O/c1-6-8(12)3-9(11(13)16-6)18-5-7(2-10(18)19)4-15-17-14/h3,7H,2,4-5H2,1H3. The van der Waals surface area contributed by atoms with E-state index in [2.05, 4.69) is 30.9 Å². The maximum absolute atomic E-state index is 12.0. The molecule has 0 aromatic carbocycles. The lowest BCUT2D eigenvalue weighted by molar-refractivity contribution is -0.117. The smallest absolute Gasteiger partial charge is 0.227 e. The van der Waals surface area contributed by atoms with E-state index in [9.17, 15) is 4.79 Å². The van der Waals surface area contributed by atoms with Gasteiger partial charge in [0.1, 0.15) is 0 Å². The van der Waals surface area contributed by atoms with Crippen LogP contribution >= 0.6 is 27.5 Å². The number of hydrogen-bond acceptors (Lipinski definition) is 3. The third-order valence-corrected chi connectivity index (χ3v) is 4.07. The molecule has 0 bridgehead atoms. The number of pyridine rings is 1. The summed E-state index contributed by atoms with van der Waals surface area (Å²) in [6.45, 7) is 2.64. The topological polar surface area (TPSA) is 82.0 Å². The van der Waals surface area contributed by atoms with Crippen molar-refractivity contribution in [2.75, 3.05) is 18.0 Å². The van der Waals surface area contributed by atoms with Crippen LogP contribution in [0.15, 0.2) is 15.7 Å². The van der Waals surface area contributed by atoms with Gasteiger partial charge in [-0.15, -0.1) is 0 Å². The van der Waals surface area contributed by atoms with Crippen LogP contribution in [0.2, 0.25) is 5.15 Å². The van der Waals surface area contributed by atoms with Gasteiger partial charge in [-0.2, -0.15) is 0 Å². The van der Waals surface area contributed by atoms with Crippen molar-refractivity contribution in [2.24, 2.45) is 11.0 Å². The molecule has 100 valence electrons. The Kier molecular flexibility index (Phi) is 4.29. The van der Waals surface area contributed by atoms with Gasteiger partial charge >= 0.3 is 0 Å². The molecule has 1 aliphatic rings. The Bertz CT molecular complexity index is 572. The first kappa shape index (κ1) is 14.1. The molecular weight excluding hydrogens is 334 g/mol. The highest BCUT2D eigenvalue weighted by molar-refractivity contribution is 9.10. The van der Waals surface area contributed by atoms with Crippen LogP contribution in [0.1, 0.15) is 12.1 Å². The Balaban J connectivity index is 2.25. The maximum Gasteiger partial charge on any atom is 0.227 e. The first-order valence-electron chi connectivity index (χ1n) is 5.66. The zero-order chi connectivity index (χ0) is 14.0. The molecule has 2 rings (SSSR count). The van der Waals surface area contributed by atoms with Gasteiger partial charge in [-0.3, -0.25) is 4.79 Å². The average molecular weight is 345 g/mol. The molecule has 1 atom stereocenters. The van der Waals surface area contributed by atoms with Gasteiger partial charge in [0.2, 0.25) is 5.91 Å². The molecule has 0 radical (unpaired) electrons. The van der Waals surface area contributed by atoms with Gasteiger partial charge in [0.05, 0.1) is 11.4 Å². The molecule has 1 saturated heterocycles. The molecule has 8 heteroatoms. The van der Waals surface area contributed by atoms with Crippen molar-refractivity contribution in [3.8, 4) is 0 Å². The fourth-order valence-corrected chi connectivity index (χ4v) is 2.61. The Labute approximate surface area is 123 Å². The molecule has 1 aromatic rings. The van der Waals surface area contributed by atoms with Gasteiger partial charge in [0, 0.05) is 28.9 Å². The number of nitrogens with zero attached hydrogens (tertiary/aromatic N) is 5. The number of amides is 1. The van der Waals surface area contributed by atoms with Crippen molar-refractivity contribution in [1.82, 2.24) is 4.98 Å². The maximum atomic E-state index is 12.0. The summed E-state index contributed by atoms with van der Waals surface area (Å²) in [5.41, 5.74) is 9.67. The normalized spacial score (nSPS) is 18.6. The first-order valence-corrected chi connectivity index (χ1v) is 6.84. The highest BCUT2D eigenvalue weighted by Gasteiger charge is 2.31. The fourth-order valence-electron chi connectivity index (χ4n) is 2.02. The molecule has 0 N–H and O–H groups in total. The van der Waals surface area contributed by atoms with E-state index in [0.717, 1.165) is 10.2 Å². The number of hydrogen-bond donors (Lipinski definition) is 0. The van der Waals surface area contributed by atoms with Crippen LogP contribution in [0.5, 0.6) is 0 Å². The van der Waals surface area contributed by atoms with E-state index >= 15 is 0 Å². The number of aromatic nitrogens is 1. The Hall–Kier alpha value is -1.30. The fraction of sp³-hybridized carbons (Fsp3) is 0.455. The molecule has 1 amide bonds. The summed E-state index contributed by atoms with van der Waals surface area (Å²) in [6, 6.07) is 1.79. The van der Waals surface area contributed by atoms with Gasteiger partial charge in [0.25, 0.3) is 0 Å². The zero-order valence-corrected chi connectivity index (χ0v) is 12.5. The summed E-state index contributed by atoms with van der Waals surface area (Å²) >= 11 is 9.47. The van der Waals surface area contributed by atoms with Crippen molar-refractivity contribution in [1.29, 1.82) is 0 Å². The molecule has 1 aliphatic heterocycles. The zero-order valence-electron chi connectivity index (χ0n) is 10.2. The number of anilines is 1. The molecule has 0 spiro atoms. The van der Waals surface area contributed by atoms with E-state index in [4.69, 9.17) is 17.1 Å². The number of rotatable bonds is 3. The number of halogens is 2. The minimum Gasteiger partial charge on any atom is -0.309 e. The van der Waals surface area contributed by atoms with E-state index in [0.29, 0.717) is 30.4 Å². The molecule has 0 saturated carbocycles. The van der Waals surface area contributed by atoms with E-state index < -0.39 is 0 Å². The van der Waals surface area contributed by atoms with Crippen LogP contribution in [0, 0.1) is 12.8 Å². The van der Waals surface area contributed by atoms with Crippen LogP contribution in [0.3, 0.4) is 0 Å². The number of carbonyl (C=O) groups is 1. The first-order chi connectivity index (χ1) is 9.02. The minimum atomic E-state index is -0.0300. The third-order valence-electron chi connectivity index (χ3n) is 2.99. The van der Waals surface area contributed by atoms with Gasteiger partial charge < -0.3 is 4.90 Å². The predicted molar refractivity (Wildman–Crippen MR) is 76.2 cm³/mol. The molecule has 0 aliphatic carbocycles. The van der Waals surface area contributed by atoms with E-state index in [-0.39, 0.29) is 11.8 Å². The van der Waals surface area contributed by atoms with Crippen molar-refractivity contribution in [3.05, 3.63) is 31.8 Å². The average Bonchev–Trinajstić information content (AvgIpc) is 2.72. The van der Waals surface area contributed by atoms with Crippen LogP contribution in [0.4, 0.5) is 5.69 Å². The quantitative estimate of drug-likeness (QED) is 0.364. The molecular formula is C11H11BrClN5O. The predicted octanol–water partition coefficient (Wildman–Crippen LogP) is 3.47. The molecule has 6 nitrogen and oxygen atoms in total. The van der Waals surface area contributed by atoms with E-state index in [1.807, 2.05) is 6.92 Å². The van der Waals surface area contributed by atoms with E-state index in [1.165, 1.54) is 0 Å². The third kappa shape index (κ3) is 3.00. The second-order valence-corrected chi connectivity index (χ2v) is 5.57. The summed E-state index contributed by atoms with van der Waals surface area (Å²) in [4.78, 5) is 20.5. The van der Waals surface area contributed by atoms with Crippen molar-refractivity contribution in [2.45, 2.75) is 13.3 Å². The molecule has 1 unspecified atom stereocenters. The molecule has 1 aromatic heterocycles. The highest BCUT2D eigenvalue weighted by atomic mass is 79.9. The van der Waals surface area contributed by atoms with Crippen molar-refractivity contribution < 1.29 is 4.79 Å². The SMILES string of the molecule is Cc1nc(Cl)c(N2CC(CN=[N+]=[N-])CC2=O)cc1Br. The van der Waals surface area contributed by atoms with Gasteiger partial charge in [-0.05, 0) is 40.4 Å². The van der Waals surface area contributed by atoms with Crippen LogP contribution < -0.4 is 4.90 Å². The van der Waals surface area contributed by atoms with Crippen molar-refractivity contribution >= 4 is 39.1 Å². The Morgan fingerprint density at radius 1 is 1.74 bits per heavy atom. The second kappa shape index (κ2) is 5.77. The Morgan fingerprint density at radius 2 is 2.47 bits per heavy atom. The van der Waals surface area contributed by atoms with E-state index in [1.54, 1.807) is 11.0 Å². The lowest BCUT2D eigenvalue weighted by atomic mass is 10.1. The summed E-state index contributed by atoms with van der Waals surface area (Å²) in [7, 11) is 0. The summed E-state index contributed by atoms with van der Waals surface area (Å²) in [5, 5.41) is 3.82. The summed E-state index contributed by atoms with van der Waals surface area (Å²) in [6.07, 6.45) is 0.362. The second-order valence-electron chi connectivity index (χ2n) is 4.35. The Morgan fingerprint density at radius 3 is 3.16 bits per heavy atom. The number of carbonyl (C=O) groups excluding carboxylic acids is 1. The minimum absolute atomic E-state index is 0.0274. The molecule has 1 fully saturated rings. The van der Waals surface area contributed by atoms with Crippen molar-refractivity contribution in [3.63, 3.8) is 0 Å². The summed E-state index contributed by atoms with van der Waals surface area (Å²) < 4.78 is 0.804. The molecule has 2 heterocycles. The van der Waals surface area contributed by atoms with Crippen LogP contribution in [-0.4, -0.2) is 24.0 Å². The number of aryl methyl sites for hydroxylation is 1. The lowest BCUT2D eigenvalue weighted by Gasteiger charge is -2.18. The lowest BCUT2D eigenvalue weighted by Crippen LogP contribution is -2.25. The van der Waals surface area contributed by atoms with Gasteiger partial charge in [0.15, 0.2) is 5.15 Å². The monoisotopic (exact) mass is 343 g/mol. The van der Waals surface area contributed by atoms with Gasteiger partial charge in [-0.1, -0.05) is 16.7 Å². The van der Waals surface area contributed by atoms with Crippen LogP contribution in [0.25, 0.3) is 10.4 Å². The summed E-state index contributed by atoms with van der Waals surface area (Å²) in [5.74, 6) is -0.00265. The highest BCUT2D eigenvalue weighted by Crippen LogP contribution is 2.33. The van der Waals surface area contributed by atoms with Gasteiger partial charge in [-0.25, -0.2) is 4.98 Å². The van der Waals surface area contributed by atoms with Crippen LogP contribution in [-0.2, 0) is 4.79 Å². The largest absolute Gasteiger partial charge is 0.309 e.